The molecule has 2 aliphatic rings. The van der Waals surface area contributed by atoms with E-state index in [0.29, 0.717) is 26.1 Å². The molecule has 0 radical (unpaired) electrons. The largest absolute Gasteiger partial charge is 0.444 e. The molecule has 2 saturated heterocycles. The van der Waals surface area contributed by atoms with E-state index < -0.39 is 11.6 Å². The van der Waals surface area contributed by atoms with E-state index in [0.717, 1.165) is 11.1 Å². The first-order valence-corrected chi connectivity index (χ1v) is 9.92. The minimum atomic E-state index is -0.544. The summed E-state index contributed by atoms with van der Waals surface area (Å²) in [6.45, 7) is 8.22. The molecule has 0 aromatic heterocycles. The van der Waals surface area contributed by atoms with Gasteiger partial charge in [0.1, 0.15) is 5.60 Å². The Morgan fingerprint density at radius 1 is 1.14 bits per heavy atom. The normalized spacial score (nSPS) is 21.1. The molecule has 7 heteroatoms. The van der Waals surface area contributed by atoms with Crippen LogP contribution >= 0.6 is 0 Å². The predicted molar refractivity (Wildman–Crippen MR) is 110 cm³/mol. The Hall–Kier alpha value is -2.83. The molecule has 29 heavy (non-hydrogen) atoms. The van der Waals surface area contributed by atoms with Crippen molar-refractivity contribution < 1.29 is 19.1 Å². The number of hydrogen-bond donors (Lipinski definition) is 1. The Morgan fingerprint density at radius 2 is 1.79 bits per heavy atom. The second kappa shape index (κ2) is 8.27. The number of amides is 3. The van der Waals surface area contributed by atoms with Crippen molar-refractivity contribution in [3.8, 4) is 0 Å². The maximum atomic E-state index is 12.8. The second-order valence-corrected chi connectivity index (χ2v) is 8.70. The quantitative estimate of drug-likeness (QED) is 0.847. The number of likely N-dealkylation sites (tertiary alicyclic amines) is 2. The van der Waals surface area contributed by atoms with Crippen molar-refractivity contribution >= 4 is 24.0 Å². The number of nitrogens with zero attached hydrogens (tertiary/aromatic N) is 2. The zero-order valence-electron chi connectivity index (χ0n) is 17.5. The average Bonchev–Trinajstić information content (AvgIpc) is 3.01. The molecule has 1 unspecified atom stereocenters. The highest BCUT2D eigenvalue weighted by atomic mass is 16.6. The number of nitrogens with one attached hydrogen (secondary N) is 1. The molecule has 3 rings (SSSR count). The Balaban J connectivity index is 1.57. The first-order valence-electron chi connectivity index (χ1n) is 9.92. The molecule has 1 aromatic carbocycles. The Labute approximate surface area is 171 Å². The number of benzene rings is 1. The fourth-order valence-corrected chi connectivity index (χ4v) is 3.52. The van der Waals surface area contributed by atoms with Gasteiger partial charge in [-0.25, -0.2) is 9.59 Å². The topological polar surface area (TPSA) is 79.0 Å². The SMILES string of the molecule is CC(=O)C1C/C(=C\c2ccccc2)CN1C(=O)NC1CN(C(=O)OC(C)(C)C)C1. The van der Waals surface area contributed by atoms with Crippen LogP contribution in [0.4, 0.5) is 9.59 Å². The smallest absolute Gasteiger partial charge is 0.410 e. The van der Waals surface area contributed by atoms with Crippen LogP contribution in [0.3, 0.4) is 0 Å². The van der Waals surface area contributed by atoms with Crippen LogP contribution in [-0.2, 0) is 9.53 Å². The summed E-state index contributed by atoms with van der Waals surface area (Å²) < 4.78 is 5.33. The van der Waals surface area contributed by atoms with Crippen LogP contribution in [0, 0.1) is 0 Å². The Kier molecular flexibility index (Phi) is 5.96. The third kappa shape index (κ3) is 5.37. The number of rotatable bonds is 3. The minimum Gasteiger partial charge on any atom is -0.444 e. The number of Topliss-reactive ketones (excluding diaryl/α,β-unsaturated/α-hetero) is 1. The van der Waals surface area contributed by atoms with Crippen molar-refractivity contribution in [1.29, 1.82) is 0 Å². The molecule has 3 amide bonds. The van der Waals surface area contributed by atoms with Crippen molar-refractivity contribution in [3.63, 3.8) is 0 Å². The summed E-state index contributed by atoms with van der Waals surface area (Å²) in [5.74, 6) is -0.0272. The molecule has 1 N–H and O–H groups in total. The van der Waals surface area contributed by atoms with E-state index in [4.69, 9.17) is 4.74 Å². The zero-order chi connectivity index (χ0) is 21.2. The summed E-state index contributed by atoms with van der Waals surface area (Å²) in [5, 5.41) is 2.93. The number of carbonyl (C=O) groups excluding carboxylic acids is 3. The molecule has 0 spiro atoms. The van der Waals surface area contributed by atoms with Gasteiger partial charge in [-0.15, -0.1) is 0 Å². The second-order valence-electron chi connectivity index (χ2n) is 8.70. The highest BCUT2D eigenvalue weighted by molar-refractivity contribution is 5.89. The third-order valence-electron chi connectivity index (χ3n) is 4.97. The average molecular weight is 399 g/mol. The van der Waals surface area contributed by atoms with Gasteiger partial charge < -0.3 is 19.9 Å². The number of urea groups is 1. The molecule has 156 valence electrons. The number of hydrogen-bond acceptors (Lipinski definition) is 4. The van der Waals surface area contributed by atoms with E-state index in [-0.39, 0.29) is 23.9 Å². The van der Waals surface area contributed by atoms with Crippen LogP contribution < -0.4 is 5.32 Å². The van der Waals surface area contributed by atoms with E-state index in [1.165, 1.54) is 6.92 Å². The van der Waals surface area contributed by atoms with Gasteiger partial charge in [0.05, 0.1) is 12.1 Å². The zero-order valence-corrected chi connectivity index (χ0v) is 17.5. The van der Waals surface area contributed by atoms with Gasteiger partial charge in [-0.1, -0.05) is 36.4 Å². The lowest BCUT2D eigenvalue weighted by molar-refractivity contribution is -0.120. The van der Waals surface area contributed by atoms with E-state index in [1.54, 1.807) is 9.80 Å². The van der Waals surface area contributed by atoms with Crippen LogP contribution in [0.15, 0.2) is 35.9 Å². The summed E-state index contributed by atoms with van der Waals surface area (Å²) >= 11 is 0. The van der Waals surface area contributed by atoms with Gasteiger partial charge in [-0.2, -0.15) is 0 Å². The maximum absolute atomic E-state index is 12.8. The first kappa shape index (κ1) is 20.9. The molecular formula is C22H29N3O4. The first-order chi connectivity index (χ1) is 13.6. The molecule has 2 aliphatic heterocycles. The summed E-state index contributed by atoms with van der Waals surface area (Å²) in [5.41, 5.74) is 1.56. The van der Waals surface area contributed by atoms with Gasteiger partial charge in [-0.05, 0) is 45.3 Å². The number of ketones is 1. The van der Waals surface area contributed by atoms with Crippen LogP contribution in [0.5, 0.6) is 0 Å². The third-order valence-corrected chi connectivity index (χ3v) is 4.97. The maximum Gasteiger partial charge on any atom is 0.410 e. The molecule has 7 nitrogen and oxygen atoms in total. The number of ether oxygens (including phenoxy) is 1. The van der Waals surface area contributed by atoms with Crippen LogP contribution in [0.1, 0.15) is 39.7 Å². The predicted octanol–water partition coefficient (Wildman–Crippen LogP) is 3.06. The lowest BCUT2D eigenvalue weighted by Crippen LogP contribution is -2.63. The lowest BCUT2D eigenvalue weighted by Gasteiger charge is -2.40. The van der Waals surface area contributed by atoms with Gasteiger partial charge >= 0.3 is 12.1 Å². The summed E-state index contributed by atoms with van der Waals surface area (Å²) in [4.78, 5) is 40.0. The standard InChI is InChI=1S/C22H29N3O4/c1-15(26)19-11-17(10-16-8-6-5-7-9-16)12-25(19)20(27)23-18-13-24(14-18)21(28)29-22(2,3)4/h5-10,18-19H,11-14H2,1-4H3,(H,23,27)/b17-10+. The van der Waals surface area contributed by atoms with Gasteiger partial charge in [0.2, 0.25) is 0 Å². The lowest BCUT2D eigenvalue weighted by atomic mass is 10.1. The van der Waals surface area contributed by atoms with Crippen LogP contribution in [0.2, 0.25) is 0 Å². The summed E-state index contributed by atoms with van der Waals surface area (Å²) in [7, 11) is 0. The molecule has 1 atom stereocenters. The van der Waals surface area contributed by atoms with Crippen molar-refractivity contribution in [2.75, 3.05) is 19.6 Å². The van der Waals surface area contributed by atoms with Crippen molar-refractivity contribution in [2.24, 2.45) is 0 Å². The van der Waals surface area contributed by atoms with E-state index >= 15 is 0 Å². The summed E-state index contributed by atoms with van der Waals surface area (Å²) in [6, 6.07) is 9.01. The fourth-order valence-electron chi connectivity index (χ4n) is 3.52. The van der Waals surface area contributed by atoms with Gasteiger partial charge in [0.25, 0.3) is 0 Å². The molecule has 2 heterocycles. The van der Waals surface area contributed by atoms with Gasteiger partial charge in [-0.3, -0.25) is 4.79 Å². The fraction of sp³-hybridized carbons (Fsp3) is 0.500. The Bertz CT molecular complexity index is 807. The molecule has 0 saturated carbocycles. The summed E-state index contributed by atoms with van der Waals surface area (Å²) in [6.07, 6.45) is 2.21. The van der Waals surface area contributed by atoms with Crippen molar-refractivity contribution in [1.82, 2.24) is 15.1 Å². The molecular weight excluding hydrogens is 370 g/mol. The molecule has 1 aromatic rings. The highest BCUT2D eigenvalue weighted by Crippen LogP contribution is 2.26. The number of carbonyl (C=O) groups is 3. The molecule has 2 fully saturated rings. The van der Waals surface area contributed by atoms with E-state index in [1.807, 2.05) is 57.2 Å². The van der Waals surface area contributed by atoms with Crippen molar-refractivity contribution in [3.05, 3.63) is 41.5 Å². The van der Waals surface area contributed by atoms with Gasteiger partial charge in [0.15, 0.2) is 5.78 Å². The monoisotopic (exact) mass is 399 g/mol. The molecule has 0 aliphatic carbocycles. The Morgan fingerprint density at radius 3 is 2.38 bits per heavy atom. The van der Waals surface area contributed by atoms with Crippen LogP contribution in [0.25, 0.3) is 6.08 Å². The highest BCUT2D eigenvalue weighted by Gasteiger charge is 2.39. The van der Waals surface area contributed by atoms with E-state index in [2.05, 4.69) is 5.32 Å². The van der Waals surface area contributed by atoms with Crippen molar-refractivity contribution in [2.45, 2.75) is 51.8 Å². The van der Waals surface area contributed by atoms with E-state index in [9.17, 15) is 14.4 Å². The van der Waals surface area contributed by atoms with Gasteiger partial charge in [0, 0.05) is 19.6 Å². The van der Waals surface area contributed by atoms with Crippen LogP contribution in [-0.4, -0.2) is 65.0 Å². The molecule has 0 bridgehead atoms. The minimum absolute atomic E-state index is 0.0272.